The number of aromatic nitrogens is 2. The average Bonchev–Trinajstić information content (AvgIpc) is 2.69. The number of nitrogens with zero attached hydrogens (tertiary/aromatic N) is 2. The number of nitrogens with one attached hydrogen (secondary N) is 1. The molecule has 0 bridgehead atoms. The van der Waals surface area contributed by atoms with Gasteiger partial charge in [0.1, 0.15) is 16.4 Å². The largest absolute Gasteiger partial charge is 0.388 e. The van der Waals surface area contributed by atoms with Crippen molar-refractivity contribution in [2.24, 2.45) is 5.73 Å². The molecule has 2 heterocycles. The van der Waals surface area contributed by atoms with E-state index in [0.29, 0.717) is 5.69 Å². The third-order valence-corrected chi connectivity index (χ3v) is 3.13. The topological polar surface area (TPSA) is 77.0 Å². The molecule has 0 fully saturated rings. The van der Waals surface area contributed by atoms with E-state index < -0.39 is 0 Å². The van der Waals surface area contributed by atoms with Crippen LogP contribution in [0, 0.1) is 13.8 Å². The third-order valence-electron chi connectivity index (χ3n) is 2.93. The molecule has 1 unspecified atom stereocenters. The van der Waals surface area contributed by atoms with E-state index in [1.807, 2.05) is 32.9 Å². The van der Waals surface area contributed by atoms with E-state index in [1.165, 1.54) is 0 Å². The average molecular weight is 276 g/mol. The summed E-state index contributed by atoms with van der Waals surface area (Å²) >= 11 is 5.00. The van der Waals surface area contributed by atoms with E-state index in [-0.39, 0.29) is 11.0 Å². The van der Waals surface area contributed by atoms with Crippen molar-refractivity contribution in [2.45, 2.75) is 26.8 Å². The van der Waals surface area contributed by atoms with Crippen LogP contribution in [0.15, 0.2) is 22.9 Å². The normalized spacial score (nSPS) is 12.2. The lowest BCUT2D eigenvalue weighted by Crippen LogP contribution is -2.17. The fraction of sp³-hybridized carbons (Fsp3) is 0.308. The summed E-state index contributed by atoms with van der Waals surface area (Å²) in [5.41, 5.74) is 8.98. The summed E-state index contributed by atoms with van der Waals surface area (Å²) in [6, 6.07) is 3.77. The molecule has 19 heavy (non-hydrogen) atoms. The molecule has 0 aliphatic heterocycles. The van der Waals surface area contributed by atoms with Gasteiger partial charge in [0.15, 0.2) is 0 Å². The fourth-order valence-electron chi connectivity index (χ4n) is 2.13. The Kier molecular flexibility index (Phi) is 3.80. The fourth-order valence-corrected chi connectivity index (χ4v) is 2.29. The van der Waals surface area contributed by atoms with Gasteiger partial charge in [-0.1, -0.05) is 17.4 Å². The SMILES string of the molecule is Cc1noc(C)c1C(C)Nc1cccnc1C(N)=S. The van der Waals surface area contributed by atoms with Crippen molar-refractivity contribution in [3.8, 4) is 0 Å². The van der Waals surface area contributed by atoms with E-state index in [0.717, 1.165) is 22.7 Å². The first kappa shape index (κ1) is 13.5. The predicted octanol–water partition coefficient (Wildman–Crippen LogP) is 2.49. The van der Waals surface area contributed by atoms with Crippen LogP contribution < -0.4 is 11.1 Å². The number of hydrogen-bond acceptors (Lipinski definition) is 5. The Hall–Kier alpha value is -1.95. The summed E-state index contributed by atoms with van der Waals surface area (Å²) in [7, 11) is 0. The predicted molar refractivity (Wildman–Crippen MR) is 78.1 cm³/mol. The second-order valence-electron chi connectivity index (χ2n) is 4.37. The summed E-state index contributed by atoms with van der Waals surface area (Å²) in [4.78, 5) is 4.46. The Bertz CT molecular complexity index is 589. The quantitative estimate of drug-likeness (QED) is 0.835. The highest BCUT2D eigenvalue weighted by Crippen LogP contribution is 2.25. The van der Waals surface area contributed by atoms with E-state index in [9.17, 15) is 0 Å². The number of pyridine rings is 1. The van der Waals surface area contributed by atoms with Gasteiger partial charge in [0.2, 0.25) is 0 Å². The molecule has 6 heteroatoms. The highest BCUT2D eigenvalue weighted by Gasteiger charge is 2.17. The minimum absolute atomic E-state index is 0.0311. The minimum Gasteiger partial charge on any atom is -0.388 e. The minimum atomic E-state index is 0.0311. The summed E-state index contributed by atoms with van der Waals surface area (Å²) in [5, 5.41) is 7.30. The Morgan fingerprint density at radius 3 is 2.79 bits per heavy atom. The number of hydrogen-bond donors (Lipinski definition) is 2. The van der Waals surface area contributed by atoms with Crippen molar-refractivity contribution >= 4 is 22.9 Å². The monoisotopic (exact) mass is 276 g/mol. The van der Waals surface area contributed by atoms with Gasteiger partial charge in [0.25, 0.3) is 0 Å². The summed E-state index contributed by atoms with van der Waals surface area (Å²) in [6.07, 6.45) is 1.67. The number of aryl methyl sites for hydroxylation is 2. The molecule has 2 rings (SSSR count). The van der Waals surface area contributed by atoms with Gasteiger partial charge in [-0.25, -0.2) is 0 Å². The molecule has 3 N–H and O–H groups in total. The highest BCUT2D eigenvalue weighted by molar-refractivity contribution is 7.80. The van der Waals surface area contributed by atoms with Crippen LogP contribution in [0.4, 0.5) is 5.69 Å². The van der Waals surface area contributed by atoms with E-state index in [4.69, 9.17) is 22.5 Å². The molecule has 0 saturated carbocycles. The molecular formula is C13H16N4OS. The molecule has 0 radical (unpaired) electrons. The van der Waals surface area contributed by atoms with Crippen LogP contribution in [-0.4, -0.2) is 15.1 Å². The highest BCUT2D eigenvalue weighted by atomic mass is 32.1. The molecule has 100 valence electrons. The second-order valence-corrected chi connectivity index (χ2v) is 4.81. The lowest BCUT2D eigenvalue weighted by atomic mass is 10.1. The number of thiocarbonyl (C=S) groups is 1. The summed E-state index contributed by atoms with van der Waals surface area (Å²) < 4.78 is 5.18. The van der Waals surface area contributed by atoms with Crippen LogP contribution >= 0.6 is 12.2 Å². The number of anilines is 1. The molecule has 5 nitrogen and oxygen atoms in total. The molecule has 0 aliphatic carbocycles. The lowest BCUT2D eigenvalue weighted by molar-refractivity contribution is 0.392. The Labute approximate surface area is 117 Å². The zero-order valence-corrected chi connectivity index (χ0v) is 11.9. The van der Waals surface area contributed by atoms with Crippen molar-refractivity contribution < 1.29 is 4.52 Å². The van der Waals surface area contributed by atoms with Crippen molar-refractivity contribution in [1.29, 1.82) is 0 Å². The molecule has 1 atom stereocenters. The number of nitrogens with two attached hydrogens (primary N) is 1. The maximum Gasteiger partial charge on any atom is 0.139 e. The van der Waals surface area contributed by atoms with Gasteiger partial charge in [0, 0.05) is 11.8 Å². The van der Waals surface area contributed by atoms with E-state index in [2.05, 4.69) is 15.5 Å². The molecular weight excluding hydrogens is 260 g/mol. The van der Waals surface area contributed by atoms with Gasteiger partial charge in [-0.15, -0.1) is 0 Å². The molecule has 0 aliphatic rings. The van der Waals surface area contributed by atoms with Gasteiger partial charge in [-0.2, -0.15) is 0 Å². The van der Waals surface area contributed by atoms with Crippen LogP contribution in [0.25, 0.3) is 0 Å². The molecule has 0 amide bonds. The maximum absolute atomic E-state index is 5.67. The van der Waals surface area contributed by atoms with Gasteiger partial charge in [-0.05, 0) is 32.9 Å². The van der Waals surface area contributed by atoms with Crippen molar-refractivity contribution in [2.75, 3.05) is 5.32 Å². The van der Waals surface area contributed by atoms with Crippen molar-refractivity contribution in [3.63, 3.8) is 0 Å². The summed E-state index contributed by atoms with van der Waals surface area (Å²) in [6.45, 7) is 5.84. The lowest BCUT2D eigenvalue weighted by Gasteiger charge is -2.17. The second kappa shape index (κ2) is 5.36. The van der Waals surface area contributed by atoms with E-state index in [1.54, 1.807) is 6.20 Å². The summed E-state index contributed by atoms with van der Waals surface area (Å²) in [5.74, 6) is 0.804. The standard InChI is InChI=1S/C13H16N4OS/c1-7(11-8(2)17-18-9(11)3)16-10-5-4-6-15-12(10)13(14)19/h4-7,16H,1-3H3,(H2,14,19). The van der Waals surface area contributed by atoms with Crippen molar-refractivity contribution in [1.82, 2.24) is 10.1 Å². The molecule has 2 aromatic heterocycles. The van der Waals surface area contributed by atoms with E-state index >= 15 is 0 Å². The van der Waals surface area contributed by atoms with Crippen LogP contribution in [0.5, 0.6) is 0 Å². The number of rotatable bonds is 4. The van der Waals surface area contributed by atoms with Crippen LogP contribution in [0.3, 0.4) is 0 Å². The van der Waals surface area contributed by atoms with Gasteiger partial charge >= 0.3 is 0 Å². The first-order valence-corrected chi connectivity index (χ1v) is 6.35. The van der Waals surface area contributed by atoms with Gasteiger partial charge in [-0.3, -0.25) is 4.98 Å². The zero-order valence-electron chi connectivity index (χ0n) is 11.1. The Balaban J connectivity index is 2.29. The zero-order chi connectivity index (χ0) is 14.0. The molecule has 0 saturated heterocycles. The molecule has 0 aromatic carbocycles. The van der Waals surface area contributed by atoms with Crippen LogP contribution in [0.1, 0.15) is 35.7 Å². The van der Waals surface area contributed by atoms with Gasteiger partial charge < -0.3 is 15.6 Å². The van der Waals surface area contributed by atoms with Crippen LogP contribution in [0.2, 0.25) is 0 Å². The molecule has 2 aromatic rings. The third kappa shape index (κ3) is 2.73. The smallest absolute Gasteiger partial charge is 0.139 e. The molecule has 0 spiro atoms. The first-order chi connectivity index (χ1) is 9.00. The van der Waals surface area contributed by atoms with Crippen LogP contribution in [-0.2, 0) is 0 Å². The Morgan fingerprint density at radius 1 is 1.47 bits per heavy atom. The van der Waals surface area contributed by atoms with Crippen molar-refractivity contribution in [3.05, 3.63) is 41.0 Å². The van der Waals surface area contributed by atoms with Gasteiger partial charge in [0.05, 0.1) is 17.4 Å². The maximum atomic E-state index is 5.67. The first-order valence-electron chi connectivity index (χ1n) is 5.94. The Morgan fingerprint density at radius 2 is 2.21 bits per heavy atom.